The van der Waals surface area contributed by atoms with Crippen molar-refractivity contribution in [1.29, 1.82) is 0 Å². The first-order chi connectivity index (χ1) is 10.0. The highest BCUT2D eigenvalue weighted by Gasteiger charge is 2.21. The number of halogens is 2. The van der Waals surface area contributed by atoms with Crippen LogP contribution in [0.1, 0.15) is 21.5 Å². The topological polar surface area (TPSA) is 46.3 Å². The molecule has 2 aromatic rings. The first-order valence-corrected chi connectivity index (χ1v) is 6.51. The van der Waals surface area contributed by atoms with Gasteiger partial charge in [-0.3, -0.25) is 4.79 Å². The van der Waals surface area contributed by atoms with Crippen molar-refractivity contribution in [3.63, 3.8) is 0 Å². The fourth-order valence-corrected chi connectivity index (χ4v) is 2.13. The molecule has 0 aliphatic heterocycles. The van der Waals surface area contributed by atoms with E-state index in [2.05, 4.69) is 0 Å². The van der Waals surface area contributed by atoms with Crippen LogP contribution in [0.2, 0.25) is 0 Å². The molecule has 0 aliphatic rings. The molecule has 2 rings (SSSR count). The lowest BCUT2D eigenvalue weighted by Crippen LogP contribution is -2.28. The molecular formula is C16H16F2N2O. The summed E-state index contributed by atoms with van der Waals surface area (Å²) in [6.07, 6.45) is 0. The maximum absolute atomic E-state index is 13.6. The van der Waals surface area contributed by atoms with Gasteiger partial charge in [0.25, 0.3) is 5.91 Å². The van der Waals surface area contributed by atoms with Crippen molar-refractivity contribution in [2.75, 3.05) is 7.05 Å². The highest BCUT2D eigenvalue weighted by Crippen LogP contribution is 2.17. The summed E-state index contributed by atoms with van der Waals surface area (Å²) in [7, 11) is 1.50. The van der Waals surface area contributed by atoms with Gasteiger partial charge in [0, 0.05) is 20.1 Å². The molecule has 21 heavy (non-hydrogen) atoms. The molecule has 0 aliphatic carbocycles. The van der Waals surface area contributed by atoms with Crippen molar-refractivity contribution in [1.82, 2.24) is 4.90 Å². The van der Waals surface area contributed by atoms with Crippen molar-refractivity contribution < 1.29 is 13.6 Å². The lowest BCUT2D eigenvalue weighted by molar-refractivity contribution is 0.0775. The predicted octanol–water partition coefficient (Wildman–Crippen LogP) is 2.70. The summed E-state index contributed by atoms with van der Waals surface area (Å²) in [5, 5.41) is 0. The molecule has 2 N–H and O–H groups in total. The summed E-state index contributed by atoms with van der Waals surface area (Å²) in [5.74, 6) is -2.42. The van der Waals surface area contributed by atoms with Crippen LogP contribution in [0.3, 0.4) is 0 Å². The van der Waals surface area contributed by atoms with Gasteiger partial charge in [0.2, 0.25) is 0 Å². The van der Waals surface area contributed by atoms with Gasteiger partial charge >= 0.3 is 0 Å². The van der Waals surface area contributed by atoms with Crippen LogP contribution in [-0.4, -0.2) is 17.9 Å². The van der Waals surface area contributed by atoms with Crippen molar-refractivity contribution >= 4 is 5.91 Å². The SMILES string of the molecule is CN(Cc1ccccc1CN)C(=O)c1c(F)cccc1F. The van der Waals surface area contributed by atoms with Gasteiger partial charge in [-0.2, -0.15) is 0 Å². The minimum absolute atomic E-state index is 0.236. The van der Waals surface area contributed by atoms with E-state index in [1.165, 1.54) is 18.0 Å². The van der Waals surface area contributed by atoms with Gasteiger partial charge in [-0.15, -0.1) is 0 Å². The zero-order valence-electron chi connectivity index (χ0n) is 11.6. The van der Waals surface area contributed by atoms with Crippen LogP contribution >= 0.6 is 0 Å². The maximum atomic E-state index is 13.6. The Kier molecular flexibility index (Phi) is 4.65. The minimum Gasteiger partial charge on any atom is -0.337 e. The Labute approximate surface area is 122 Å². The molecule has 0 spiro atoms. The summed E-state index contributed by atoms with van der Waals surface area (Å²) in [4.78, 5) is 13.5. The molecule has 0 heterocycles. The standard InChI is InChI=1S/C16H16F2N2O/c1-20(10-12-6-3-2-5-11(12)9-19)16(21)15-13(17)7-4-8-14(15)18/h2-8H,9-10,19H2,1H3. The zero-order valence-corrected chi connectivity index (χ0v) is 11.6. The Morgan fingerprint density at radius 2 is 1.62 bits per heavy atom. The van der Waals surface area contributed by atoms with E-state index in [0.717, 1.165) is 23.3 Å². The van der Waals surface area contributed by atoms with Gasteiger partial charge in [-0.25, -0.2) is 8.78 Å². The van der Waals surface area contributed by atoms with Crippen molar-refractivity contribution in [2.24, 2.45) is 5.73 Å². The lowest BCUT2D eigenvalue weighted by Gasteiger charge is -2.19. The van der Waals surface area contributed by atoms with Gasteiger partial charge in [-0.05, 0) is 23.3 Å². The number of hydrogen-bond acceptors (Lipinski definition) is 2. The number of amides is 1. The van der Waals surface area contributed by atoms with Crippen LogP contribution in [0.25, 0.3) is 0 Å². The van der Waals surface area contributed by atoms with Crippen LogP contribution in [0, 0.1) is 11.6 Å². The Bertz CT molecular complexity index is 638. The molecule has 0 saturated heterocycles. The van der Waals surface area contributed by atoms with Crippen LogP contribution in [0.15, 0.2) is 42.5 Å². The van der Waals surface area contributed by atoms with Crippen LogP contribution in [0.5, 0.6) is 0 Å². The summed E-state index contributed by atoms with van der Waals surface area (Å²) in [6, 6.07) is 10.7. The largest absolute Gasteiger partial charge is 0.337 e. The first kappa shape index (κ1) is 15.1. The van der Waals surface area contributed by atoms with Gasteiger partial charge in [0.15, 0.2) is 0 Å². The summed E-state index contributed by atoms with van der Waals surface area (Å²) in [6.45, 7) is 0.576. The van der Waals surface area contributed by atoms with Crippen molar-refractivity contribution in [3.05, 3.63) is 70.8 Å². The van der Waals surface area contributed by atoms with Crippen LogP contribution in [0.4, 0.5) is 8.78 Å². The molecule has 2 aromatic carbocycles. The number of benzene rings is 2. The van der Waals surface area contributed by atoms with Gasteiger partial charge in [0.05, 0.1) is 0 Å². The zero-order chi connectivity index (χ0) is 15.4. The van der Waals surface area contributed by atoms with Gasteiger partial charge in [-0.1, -0.05) is 30.3 Å². The Balaban J connectivity index is 2.24. The third-order valence-electron chi connectivity index (χ3n) is 3.27. The first-order valence-electron chi connectivity index (χ1n) is 6.51. The quantitative estimate of drug-likeness (QED) is 0.941. The molecule has 0 unspecified atom stereocenters. The highest BCUT2D eigenvalue weighted by atomic mass is 19.1. The van der Waals surface area contributed by atoms with E-state index >= 15 is 0 Å². The average Bonchev–Trinajstić information content (AvgIpc) is 2.47. The van der Waals surface area contributed by atoms with E-state index in [-0.39, 0.29) is 6.54 Å². The fourth-order valence-electron chi connectivity index (χ4n) is 2.13. The number of nitrogens with zero attached hydrogens (tertiary/aromatic N) is 1. The maximum Gasteiger partial charge on any atom is 0.259 e. The molecular weight excluding hydrogens is 274 g/mol. The van der Waals surface area contributed by atoms with E-state index in [0.29, 0.717) is 6.54 Å². The molecule has 3 nitrogen and oxygen atoms in total. The normalized spacial score (nSPS) is 10.5. The second-order valence-corrected chi connectivity index (χ2v) is 4.73. The van der Waals surface area contributed by atoms with Crippen molar-refractivity contribution in [2.45, 2.75) is 13.1 Å². The number of rotatable bonds is 4. The molecule has 0 radical (unpaired) electrons. The number of carbonyl (C=O) groups is 1. The highest BCUT2D eigenvalue weighted by molar-refractivity contribution is 5.94. The second-order valence-electron chi connectivity index (χ2n) is 4.73. The van der Waals surface area contributed by atoms with Crippen molar-refractivity contribution in [3.8, 4) is 0 Å². The van der Waals surface area contributed by atoms with E-state index in [1.54, 1.807) is 0 Å². The van der Waals surface area contributed by atoms with E-state index in [1.807, 2.05) is 24.3 Å². The monoisotopic (exact) mass is 290 g/mol. The summed E-state index contributed by atoms with van der Waals surface area (Å²) < 4.78 is 27.3. The second kappa shape index (κ2) is 6.45. The number of carbonyl (C=O) groups excluding carboxylic acids is 1. The van der Waals surface area contributed by atoms with Gasteiger partial charge in [0.1, 0.15) is 17.2 Å². The minimum atomic E-state index is -0.862. The Hall–Kier alpha value is -2.27. The van der Waals surface area contributed by atoms with E-state index in [4.69, 9.17) is 5.73 Å². The molecule has 0 saturated carbocycles. The third-order valence-corrected chi connectivity index (χ3v) is 3.27. The summed E-state index contributed by atoms with van der Waals surface area (Å²) in [5.41, 5.74) is 6.85. The van der Waals surface area contributed by atoms with Crippen LogP contribution in [-0.2, 0) is 13.1 Å². The number of hydrogen-bond donors (Lipinski definition) is 1. The molecule has 110 valence electrons. The fraction of sp³-hybridized carbons (Fsp3) is 0.188. The van der Waals surface area contributed by atoms with Crippen LogP contribution < -0.4 is 5.73 Å². The third kappa shape index (κ3) is 3.25. The molecule has 0 aromatic heterocycles. The summed E-state index contributed by atoms with van der Waals surface area (Å²) >= 11 is 0. The lowest BCUT2D eigenvalue weighted by atomic mass is 10.1. The van der Waals surface area contributed by atoms with Gasteiger partial charge < -0.3 is 10.6 Å². The number of nitrogens with two attached hydrogens (primary N) is 1. The van der Waals surface area contributed by atoms with E-state index in [9.17, 15) is 13.6 Å². The molecule has 0 atom stereocenters. The smallest absolute Gasteiger partial charge is 0.259 e. The molecule has 0 bridgehead atoms. The Morgan fingerprint density at radius 1 is 1.05 bits per heavy atom. The van der Waals surface area contributed by atoms with E-state index < -0.39 is 23.1 Å². The Morgan fingerprint density at radius 3 is 2.19 bits per heavy atom. The average molecular weight is 290 g/mol. The molecule has 0 fully saturated rings. The molecule has 1 amide bonds. The predicted molar refractivity (Wildman–Crippen MR) is 76.5 cm³/mol. The molecule has 5 heteroatoms.